The van der Waals surface area contributed by atoms with Gasteiger partial charge in [0.15, 0.2) is 0 Å². The lowest BCUT2D eigenvalue weighted by atomic mass is 10.3. The minimum Gasteiger partial charge on any atom is -0.477 e. The molecule has 2 rings (SSSR count). The molecule has 6 heteroatoms. The zero-order valence-corrected chi connectivity index (χ0v) is 8.50. The van der Waals surface area contributed by atoms with Gasteiger partial charge in [0.1, 0.15) is 23.5 Å². The van der Waals surface area contributed by atoms with Crippen LogP contribution < -0.4 is 4.74 Å². The summed E-state index contributed by atoms with van der Waals surface area (Å²) in [5.74, 6) is -1.64. The molecule has 0 radical (unpaired) electrons. The van der Waals surface area contributed by atoms with Gasteiger partial charge in [0, 0.05) is 12.3 Å². The van der Waals surface area contributed by atoms with Crippen LogP contribution in [0.15, 0.2) is 36.8 Å². The second kappa shape index (κ2) is 4.56. The summed E-state index contributed by atoms with van der Waals surface area (Å²) in [5, 5.41) is 8.86. The van der Waals surface area contributed by atoms with Crippen molar-refractivity contribution in [2.75, 3.05) is 0 Å². The molecule has 0 aliphatic heterocycles. The zero-order valence-electron chi connectivity index (χ0n) is 8.50. The highest BCUT2D eigenvalue weighted by Crippen LogP contribution is 2.22. The number of aromatic nitrogens is 2. The summed E-state index contributed by atoms with van der Waals surface area (Å²) < 4.78 is 18.1. The van der Waals surface area contributed by atoms with Gasteiger partial charge in [-0.05, 0) is 12.1 Å². The molecule has 1 heterocycles. The van der Waals surface area contributed by atoms with Gasteiger partial charge < -0.3 is 9.84 Å². The second-order valence-corrected chi connectivity index (χ2v) is 3.11. The standard InChI is InChI=1S/C11H7FN2O3/c12-7-2-1-3-8(4-7)17-10-9(11(15)16)5-13-6-14-10/h1-6H,(H,15,16). The molecule has 2 aromatic rings. The van der Waals surface area contributed by atoms with Gasteiger partial charge in [0.2, 0.25) is 5.88 Å². The molecule has 0 unspecified atom stereocenters. The largest absolute Gasteiger partial charge is 0.477 e. The number of carboxylic acids is 1. The molecule has 0 saturated heterocycles. The minimum atomic E-state index is -1.21. The predicted octanol–water partition coefficient (Wildman–Crippen LogP) is 2.11. The highest BCUT2D eigenvalue weighted by molar-refractivity contribution is 5.89. The van der Waals surface area contributed by atoms with E-state index < -0.39 is 11.8 Å². The van der Waals surface area contributed by atoms with Gasteiger partial charge in [0.25, 0.3) is 0 Å². The number of rotatable bonds is 3. The fourth-order valence-corrected chi connectivity index (χ4v) is 1.19. The molecule has 86 valence electrons. The smallest absolute Gasteiger partial charge is 0.342 e. The van der Waals surface area contributed by atoms with Gasteiger partial charge in [-0.3, -0.25) is 0 Å². The minimum absolute atomic E-state index is 0.127. The highest BCUT2D eigenvalue weighted by atomic mass is 19.1. The Morgan fingerprint density at radius 2 is 2.24 bits per heavy atom. The first kappa shape index (κ1) is 11.0. The van der Waals surface area contributed by atoms with E-state index in [0.29, 0.717) is 0 Å². The molecule has 0 saturated carbocycles. The Bertz CT molecular complexity index is 560. The van der Waals surface area contributed by atoms with Crippen LogP contribution in [0.5, 0.6) is 11.6 Å². The molecular formula is C11H7FN2O3. The Balaban J connectivity index is 2.33. The van der Waals surface area contributed by atoms with Crippen LogP contribution in [0.4, 0.5) is 4.39 Å². The molecule has 0 aliphatic carbocycles. The van der Waals surface area contributed by atoms with Crippen molar-refractivity contribution in [1.29, 1.82) is 0 Å². The number of benzene rings is 1. The van der Waals surface area contributed by atoms with E-state index in [0.717, 1.165) is 18.6 Å². The van der Waals surface area contributed by atoms with Crippen molar-refractivity contribution >= 4 is 5.97 Å². The molecule has 5 nitrogen and oxygen atoms in total. The van der Waals surface area contributed by atoms with Crippen LogP contribution in [0.1, 0.15) is 10.4 Å². The van der Waals surface area contributed by atoms with Crippen LogP contribution in [-0.2, 0) is 0 Å². The maximum atomic E-state index is 12.9. The van der Waals surface area contributed by atoms with E-state index in [1.165, 1.54) is 18.2 Å². The van der Waals surface area contributed by atoms with Crippen molar-refractivity contribution in [3.63, 3.8) is 0 Å². The number of carboxylic acid groups (broad SMARTS) is 1. The first-order chi connectivity index (χ1) is 8.16. The number of nitrogens with zero attached hydrogens (tertiary/aromatic N) is 2. The number of hydrogen-bond donors (Lipinski definition) is 1. The summed E-state index contributed by atoms with van der Waals surface area (Å²) in [6.07, 6.45) is 2.27. The average Bonchev–Trinajstić information content (AvgIpc) is 2.29. The number of halogens is 1. The van der Waals surface area contributed by atoms with Crippen molar-refractivity contribution in [1.82, 2.24) is 9.97 Å². The van der Waals surface area contributed by atoms with E-state index in [4.69, 9.17) is 9.84 Å². The Morgan fingerprint density at radius 3 is 2.94 bits per heavy atom. The van der Waals surface area contributed by atoms with Gasteiger partial charge in [0.05, 0.1) is 0 Å². The Morgan fingerprint density at radius 1 is 1.41 bits per heavy atom. The van der Waals surface area contributed by atoms with Crippen molar-refractivity contribution < 1.29 is 19.0 Å². The molecular weight excluding hydrogens is 227 g/mol. The van der Waals surface area contributed by atoms with Crippen molar-refractivity contribution in [3.05, 3.63) is 48.2 Å². The van der Waals surface area contributed by atoms with Crippen LogP contribution in [0.3, 0.4) is 0 Å². The summed E-state index contributed by atoms with van der Waals surface area (Å²) in [4.78, 5) is 18.1. The maximum absolute atomic E-state index is 12.9. The molecule has 1 aromatic carbocycles. The van der Waals surface area contributed by atoms with E-state index in [1.807, 2.05) is 0 Å². The van der Waals surface area contributed by atoms with Gasteiger partial charge in [-0.2, -0.15) is 0 Å². The third-order valence-electron chi connectivity index (χ3n) is 1.92. The average molecular weight is 234 g/mol. The molecule has 1 aromatic heterocycles. The quantitative estimate of drug-likeness (QED) is 0.880. The lowest BCUT2D eigenvalue weighted by Gasteiger charge is -2.06. The Labute approximate surface area is 95.5 Å². The van der Waals surface area contributed by atoms with Crippen LogP contribution in [0, 0.1) is 5.82 Å². The summed E-state index contributed by atoms with van der Waals surface area (Å²) in [5.41, 5.74) is -0.184. The number of aromatic carboxylic acids is 1. The third kappa shape index (κ3) is 2.54. The topological polar surface area (TPSA) is 72.3 Å². The van der Waals surface area contributed by atoms with Crippen molar-refractivity contribution in [2.24, 2.45) is 0 Å². The molecule has 0 fully saturated rings. The fraction of sp³-hybridized carbons (Fsp3) is 0. The van der Waals surface area contributed by atoms with Gasteiger partial charge in [-0.25, -0.2) is 19.2 Å². The van der Waals surface area contributed by atoms with Crippen LogP contribution in [0.25, 0.3) is 0 Å². The first-order valence-corrected chi connectivity index (χ1v) is 4.63. The Kier molecular flexibility index (Phi) is 2.95. The van der Waals surface area contributed by atoms with E-state index in [-0.39, 0.29) is 17.2 Å². The zero-order chi connectivity index (χ0) is 12.3. The second-order valence-electron chi connectivity index (χ2n) is 3.11. The SMILES string of the molecule is O=C(O)c1cncnc1Oc1cccc(F)c1. The molecule has 0 atom stereocenters. The Hall–Kier alpha value is -2.50. The summed E-state index contributed by atoms with van der Waals surface area (Å²) in [6.45, 7) is 0. The summed E-state index contributed by atoms with van der Waals surface area (Å²) >= 11 is 0. The van der Waals surface area contributed by atoms with E-state index in [9.17, 15) is 9.18 Å². The van der Waals surface area contributed by atoms with Gasteiger partial charge in [-0.1, -0.05) is 6.07 Å². The lowest BCUT2D eigenvalue weighted by molar-refractivity contribution is 0.0693. The predicted molar refractivity (Wildman–Crippen MR) is 55.5 cm³/mol. The van der Waals surface area contributed by atoms with E-state index in [1.54, 1.807) is 0 Å². The van der Waals surface area contributed by atoms with Gasteiger partial charge in [-0.15, -0.1) is 0 Å². The monoisotopic (exact) mass is 234 g/mol. The molecule has 0 amide bonds. The molecule has 0 spiro atoms. The lowest BCUT2D eigenvalue weighted by Crippen LogP contribution is -2.02. The molecule has 17 heavy (non-hydrogen) atoms. The van der Waals surface area contributed by atoms with Gasteiger partial charge >= 0.3 is 5.97 Å². The fourth-order valence-electron chi connectivity index (χ4n) is 1.19. The number of ether oxygens (including phenoxy) is 1. The maximum Gasteiger partial charge on any atom is 0.342 e. The van der Waals surface area contributed by atoms with Crippen molar-refractivity contribution in [3.8, 4) is 11.6 Å². The van der Waals surface area contributed by atoms with Crippen LogP contribution in [0.2, 0.25) is 0 Å². The first-order valence-electron chi connectivity index (χ1n) is 4.63. The normalized spacial score (nSPS) is 9.94. The molecule has 1 N–H and O–H groups in total. The van der Waals surface area contributed by atoms with E-state index in [2.05, 4.69) is 9.97 Å². The van der Waals surface area contributed by atoms with Crippen LogP contribution >= 0.6 is 0 Å². The number of hydrogen-bond acceptors (Lipinski definition) is 4. The molecule has 0 aliphatic rings. The van der Waals surface area contributed by atoms with Crippen LogP contribution in [-0.4, -0.2) is 21.0 Å². The summed E-state index contributed by atoms with van der Waals surface area (Å²) in [6, 6.07) is 5.34. The third-order valence-corrected chi connectivity index (χ3v) is 1.92. The van der Waals surface area contributed by atoms with E-state index >= 15 is 0 Å². The highest BCUT2D eigenvalue weighted by Gasteiger charge is 2.13. The number of carbonyl (C=O) groups is 1. The molecule has 0 bridgehead atoms. The van der Waals surface area contributed by atoms with Crippen molar-refractivity contribution in [2.45, 2.75) is 0 Å². The summed E-state index contributed by atoms with van der Waals surface area (Å²) in [7, 11) is 0.